The first-order chi connectivity index (χ1) is 9.16. The summed E-state index contributed by atoms with van der Waals surface area (Å²) in [6.45, 7) is 0. The molecule has 0 saturated carbocycles. The Kier molecular flexibility index (Phi) is 3.05. The minimum absolute atomic E-state index is 0.0658. The van der Waals surface area contributed by atoms with Gasteiger partial charge in [-0.05, 0) is 18.2 Å². The monoisotopic (exact) mass is 289 g/mol. The average Bonchev–Trinajstić information content (AvgIpc) is 2.88. The molecule has 0 aliphatic carbocycles. The highest BCUT2D eigenvalue weighted by molar-refractivity contribution is 6.45. The maximum Gasteiger partial charge on any atom is 0.209 e. The number of halogens is 2. The molecular weight excluding hydrogens is 281 g/mol. The van der Waals surface area contributed by atoms with Gasteiger partial charge in [0.2, 0.25) is 5.78 Å². The van der Waals surface area contributed by atoms with E-state index < -0.39 is 0 Å². The molecular formula is C15H9Cl2NO. The summed E-state index contributed by atoms with van der Waals surface area (Å²) in [5.74, 6) is -0.0658. The zero-order valence-corrected chi connectivity index (χ0v) is 11.3. The van der Waals surface area contributed by atoms with Gasteiger partial charge in [-0.2, -0.15) is 0 Å². The van der Waals surface area contributed by atoms with E-state index in [1.54, 1.807) is 24.3 Å². The highest BCUT2D eigenvalue weighted by atomic mass is 35.5. The quantitative estimate of drug-likeness (QED) is 0.681. The second kappa shape index (κ2) is 4.72. The van der Waals surface area contributed by atoms with Gasteiger partial charge in [0.25, 0.3) is 0 Å². The van der Waals surface area contributed by atoms with Crippen molar-refractivity contribution in [3.63, 3.8) is 0 Å². The van der Waals surface area contributed by atoms with Gasteiger partial charge in [-0.15, -0.1) is 0 Å². The van der Waals surface area contributed by atoms with Gasteiger partial charge in [0, 0.05) is 16.5 Å². The van der Waals surface area contributed by atoms with Crippen molar-refractivity contribution < 1.29 is 4.79 Å². The molecule has 2 aromatic carbocycles. The Morgan fingerprint density at radius 2 is 1.74 bits per heavy atom. The van der Waals surface area contributed by atoms with Crippen LogP contribution >= 0.6 is 23.2 Å². The number of hydrogen-bond donors (Lipinski definition) is 1. The highest BCUT2D eigenvalue weighted by Crippen LogP contribution is 2.31. The van der Waals surface area contributed by atoms with Crippen LogP contribution in [0, 0.1) is 0 Å². The second-order valence-electron chi connectivity index (χ2n) is 4.20. The summed E-state index contributed by atoms with van der Waals surface area (Å²) in [5, 5.41) is 1.70. The summed E-state index contributed by atoms with van der Waals surface area (Å²) in [6, 6.07) is 14.4. The second-order valence-corrected chi connectivity index (χ2v) is 4.99. The fourth-order valence-electron chi connectivity index (χ4n) is 2.01. The van der Waals surface area contributed by atoms with Crippen LogP contribution in [0.4, 0.5) is 0 Å². The molecule has 1 heterocycles. The Morgan fingerprint density at radius 3 is 2.47 bits per heavy atom. The average molecular weight is 290 g/mol. The Labute approximate surface area is 120 Å². The third-order valence-corrected chi connectivity index (χ3v) is 3.79. The molecule has 0 radical (unpaired) electrons. The normalized spacial score (nSPS) is 10.8. The van der Waals surface area contributed by atoms with Crippen LogP contribution in [0.2, 0.25) is 10.0 Å². The Morgan fingerprint density at radius 1 is 1.00 bits per heavy atom. The lowest BCUT2D eigenvalue weighted by atomic mass is 10.1. The maximum atomic E-state index is 12.3. The first kappa shape index (κ1) is 12.3. The fraction of sp³-hybridized carbons (Fsp3) is 0. The lowest BCUT2D eigenvalue weighted by Crippen LogP contribution is -2.00. The van der Waals surface area contributed by atoms with E-state index in [0.717, 1.165) is 10.9 Å². The van der Waals surface area contributed by atoms with E-state index >= 15 is 0 Å². The predicted molar refractivity (Wildman–Crippen MR) is 78.2 cm³/mol. The van der Waals surface area contributed by atoms with E-state index in [4.69, 9.17) is 23.2 Å². The summed E-state index contributed by atoms with van der Waals surface area (Å²) in [5.41, 5.74) is 1.94. The van der Waals surface area contributed by atoms with Crippen LogP contribution in [0.1, 0.15) is 16.1 Å². The summed E-state index contributed by atoms with van der Waals surface area (Å²) in [6.07, 6.45) is 0. The molecule has 4 heteroatoms. The van der Waals surface area contributed by atoms with Gasteiger partial charge < -0.3 is 4.98 Å². The molecule has 1 aromatic heterocycles. The smallest absolute Gasteiger partial charge is 0.209 e. The molecule has 19 heavy (non-hydrogen) atoms. The summed E-state index contributed by atoms with van der Waals surface area (Å²) in [4.78, 5) is 15.4. The molecule has 0 aliphatic rings. The number of benzene rings is 2. The molecule has 94 valence electrons. The van der Waals surface area contributed by atoms with Crippen molar-refractivity contribution in [3.05, 3.63) is 69.8 Å². The molecule has 0 saturated heterocycles. The summed E-state index contributed by atoms with van der Waals surface area (Å²) < 4.78 is 0. The Balaban J connectivity index is 2.12. The van der Waals surface area contributed by atoms with Crippen LogP contribution in [0.3, 0.4) is 0 Å². The maximum absolute atomic E-state index is 12.3. The third kappa shape index (κ3) is 2.14. The molecule has 0 spiro atoms. The molecule has 0 fully saturated rings. The number of aromatic amines is 1. The van der Waals surface area contributed by atoms with Crippen molar-refractivity contribution in [1.29, 1.82) is 0 Å². The van der Waals surface area contributed by atoms with Crippen molar-refractivity contribution in [2.45, 2.75) is 0 Å². The van der Waals surface area contributed by atoms with Crippen molar-refractivity contribution >= 4 is 39.9 Å². The summed E-state index contributed by atoms with van der Waals surface area (Å²) in [7, 11) is 0. The zero-order chi connectivity index (χ0) is 13.4. The van der Waals surface area contributed by atoms with Crippen LogP contribution in [-0.4, -0.2) is 10.8 Å². The van der Waals surface area contributed by atoms with Gasteiger partial charge in [0.05, 0.1) is 15.7 Å². The number of carbonyl (C=O) groups excluding carboxylic acids is 1. The fourth-order valence-corrected chi connectivity index (χ4v) is 2.39. The summed E-state index contributed by atoms with van der Waals surface area (Å²) >= 11 is 12.1. The molecule has 0 aliphatic heterocycles. The molecule has 3 rings (SSSR count). The van der Waals surface area contributed by atoms with E-state index in [-0.39, 0.29) is 5.78 Å². The molecule has 3 aromatic rings. The van der Waals surface area contributed by atoms with Crippen molar-refractivity contribution in [2.24, 2.45) is 0 Å². The molecule has 0 bridgehead atoms. The van der Waals surface area contributed by atoms with Crippen molar-refractivity contribution in [3.8, 4) is 0 Å². The van der Waals surface area contributed by atoms with E-state index in [0.29, 0.717) is 21.3 Å². The van der Waals surface area contributed by atoms with Crippen molar-refractivity contribution in [2.75, 3.05) is 0 Å². The van der Waals surface area contributed by atoms with E-state index in [2.05, 4.69) is 4.98 Å². The topological polar surface area (TPSA) is 32.9 Å². The number of rotatable bonds is 2. The SMILES string of the molecule is O=C(c1ccccc1)c1cc2c(Cl)c(Cl)ccc2[nH]1. The van der Waals surface area contributed by atoms with E-state index in [1.165, 1.54) is 0 Å². The van der Waals surface area contributed by atoms with Gasteiger partial charge in [0.1, 0.15) is 0 Å². The molecule has 0 amide bonds. The highest BCUT2D eigenvalue weighted by Gasteiger charge is 2.14. The molecule has 2 nitrogen and oxygen atoms in total. The number of H-pyrrole nitrogens is 1. The van der Waals surface area contributed by atoms with Gasteiger partial charge >= 0.3 is 0 Å². The van der Waals surface area contributed by atoms with Gasteiger partial charge in [-0.25, -0.2) is 0 Å². The molecule has 0 unspecified atom stereocenters. The third-order valence-electron chi connectivity index (χ3n) is 2.97. The van der Waals surface area contributed by atoms with Crippen LogP contribution in [0.25, 0.3) is 10.9 Å². The number of aromatic nitrogens is 1. The number of carbonyl (C=O) groups is 1. The zero-order valence-electron chi connectivity index (χ0n) is 9.78. The largest absolute Gasteiger partial charge is 0.352 e. The number of fused-ring (bicyclic) bond motifs is 1. The van der Waals surface area contributed by atoms with Gasteiger partial charge in [-0.1, -0.05) is 53.5 Å². The van der Waals surface area contributed by atoms with Crippen molar-refractivity contribution in [1.82, 2.24) is 4.98 Å². The lowest BCUT2D eigenvalue weighted by molar-refractivity contribution is 0.103. The first-order valence-corrected chi connectivity index (χ1v) is 6.49. The Bertz CT molecular complexity index is 762. The standard InChI is InChI=1S/C15H9Cl2NO/c16-11-6-7-12-10(14(11)17)8-13(18-12)15(19)9-4-2-1-3-5-9/h1-8,18H. The van der Waals surface area contributed by atoms with Gasteiger partial charge in [-0.3, -0.25) is 4.79 Å². The van der Waals surface area contributed by atoms with E-state index in [1.807, 2.05) is 24.3 Å². The Hall–Kier alpha value is -1.77. The first-order valence-electron chi connectivity index (χ1n) is 5.73. The van der Waals surface area contributed by atoms with E-state index in [9.17, 15) is 4.79 Å². The van der Waals surface area contributed by atoms with Crippen LogP contribution < -0.4 is 0 Å². The van der Waals surface area contributed by atoms with Crippen LogP contribution in [0.5, 0.6) is 0 Å². The minimum Gasteiger partial charge on any atom is -0.352 e. The van der Waals surface area contributed by atoms with Crippen LogP contribution in [-0.2, 0) is 0 Å². The number of nitrogens with one attached hydrogen (secondary N) is 1. The minimum atomic E-state index is -0.0658. The number of hydrogen-bond acceptors (Lipinski definition) is 1. The predicted octanol–water partition coefficient (Wildman–Crippen LogP) is 4.71. The molecule has 1 N–H and O–H groups in total. The lowest BCUT2D eigenvalue weighted by Gasteiger charge is -1.96. The molecule has 0 atom stereocenters. The van der Waals surface area contributed by atoms with Gasteiger partial charge in [0.15, 0.2) is 0 Å². The number of ketones is 1. The van der Waals surface area contributed by atoms with Crippen LogP contribution in [0.15, 0.2) is 48.5 Å².